The van der Waals surface area contributed by atoms with E-state index in [1.165, 1.54) is 11.1 Å². The molecule has 0 atom stereocenters. The van der Waals surface area contributed by atoms with E-state index in [2.05, 4.69) is 26.8 Å². The Morgan fingerprint density at radius 2 is 1.91 bits per heavy atom. The first-order valence-corrected chi connectivity index (χ1v) is 4.01. The van der Waals surface area contributed by atoms with E-state index in [1.54, 1.807) is 6.08 Å². The monoisotopic (exact) mass is 149 g/mol. The second kappa shape index (κ2) is 5.88. The normalized spacial score (nSPS) is 10.9. The van der Waals surface area contributed by atoms with Gasteiger partial charge in [0, 0.05) is 12.2 Å². The zero-order valence-corrected chi connectivity index (χ0v) is 7.72. The second-order valence-corrected chi connectivity index (χ2v) is 3.03. The average molecular weight is 149 g/mol. The van der Waals surface area contributed by atoms with Crippen LogP contribution in [0.15, 0.2) is 29.4 Å². The van der Waals surface area contributed by atoms with Crippen LogP contribution in [0.3, 0.4) is 0 Å². The third kappa shape index (κ3) is 7.02. The summed E-state index contributed by atoms with van der Waals surface area (Å²) in [6.07, 6.45) is 8.03. The molecule has 0 heterocycles. The van der Waals surface area contributed by atoms with Crippen LogP contribution in [0.5, 0.6) is 0 Å². The first-order chi connectivity index (χ1) is 5.16. The third-order valence-corrected chi connectivity index (χ3v) is 1.47. The molecule has 60 valence electrons. The van der Waals surface area contributed by atoms with Gasteiger partial charge in [0.2, 0.25) is 0 Å². The highest BCUT2D eigenvalue weighted by Crippen LogP contribution is 2.05. The molecule has 0 aliphatic heterocycles. The van der Waals surface area contributed by atoms with Gasteiger partial charge in [0.15, 0.2) is 6.08 Å². The molecule has 11 heavy (non-hydrogen) atoms. The molecule has 0 unspecified atom stereocenters. The molecule has 0 rings (SSSR count). The summed E-state index contributed by atoms with van der Waals surface area (Å²) in [5, 5.41) is 0. The lowest BCUT2D eigenvalue weighted by Gasteiger charge is -1.92. The van der Waals surface area contributed by atoms with Crippen LogP contribution in [0.25, 0.3) is 0 Å². The minimum Gasteiger partial charge on any atom is -0.0855 e. The quantitative estimate of drug-likeness (QED) is 0.325. The molecular weight excluding hydrogens is 132 g/mol. The molecule has 0 spiro atoms. The van der Waals surface area contributed by atoms with Gasteiger partial charge in [-0.15, -0.1) is 0 Å². The van der Waals surface area contributed by atoms with Crippen molar-refractivity contribution in [2.24, 2.45) is 0 Å². The van der Waals surface area contributed by atoms with Crippen molar-refractivity contribution in [2.45, 2.75) is 33.6 Å². The molecule has 0 aliphatic rings. The fourth-order valence-corrected chi connectivity index (χ4v) is 0.836. The smallest absolute Gasteiger partial charge is 0.0855 e. The van der Waals surface area contributed by atoms with E-state index in [1.807, 2.05) is 6.08 Å². The zero-order valence-electron chi connectivity index (χ0n) is 7.72. The maximum atomic E-state index is 5.24. The highest BCUT2D eigenvalue weighted by atomic mass is 13.9. The molecule has 0 N–H and O–H groups in total. The van der Waals surface area contributed by atoms with Gasteiger partial charge in [-0.2, -0.15) is 0 Å². The molecule has 0 saturated heterocycles. The SMILES string of the molecule is [CH+]=C/C=C(\C)CCC=C(C)C. The van der Waals surface area contributed by atoms with Gasteiger partial charge in [-0.1, -0.05) is 11.6 Å². The number of hydrogen-bond donors (Lipinski definition) is 0. The van der Waals surface area contributed by atoms with Crippen LogP contribution in [0.4, 0.5) is 0 Å². The lowest BCUT2D eigenvalue weighted by Crippen LogP contribution is -1.75. The molecule has 0 aromatic heterocycles. The van der Waals surface area contributed by atoms with Gasteiger partial charge < -0.3 is 0 Å². The van der Waals surface area contributed by atoms with Crippen molar-refractivity contribution in [2.75, 3.05) is 0 Å². The van der Waals surface area contributed by atoms with E-state index in [0.717, 1.165) is 12.8 Å². The average Bonchev–Trinajstić information content (AvgIpc) is 1.87. The molecular formula is C11H17+. The number of hydrogen-bond acceptors (Lipinski definition) is 0. The van der Waals surface area contributed by atoms with Crippen LogP contribution in [0.1, 0.15) is 33.6 Å². The van der Waals surface area contributed by atoms with E-state index in [-0.39, 0.29) is 0 Å². The summed E-state index contributed by atoms with van der Waals surface area (Å²) in [6.45, 7) is 11.6. The summed E-state index contributed by atoms with van der Waals surface area (Å²) >= 11 is 0. The van der Waals surface area contributed by atoms with Crippen molar-refractivity contribution in [1.82, 2.24) is 0 Å². The molecule has 0 fully saturated rings. The van der Waals surface area contributed by atoms with Crippen LogP contribution < -0.4 is 0 Å². The largest absolute Gasteiger partial charge is 0.151 e. The van der Waals surface area contributed by atoms with Gasteiger partial charge in [0.1, 0.15) is 0 Å². The van der Waals surface area contributed by atoms with Gasteiger partial charge >= 0.3 is 0 Å². The zero-order chi connectivity index (χ0) is 8.69. The first-order valence-electron chi connectivity index (χ1n) is 4.01. The predicted octanol–water partition coefficient (Wildman–Crippen LogP) is 3.67. The fraction of sp³-hybridized carbons (Fsp3) is 0.455. The minimum atomic E-state index is 1.11. The van der Waals surface area contributed by atoms with Crippen LogP contribution >= 0.6 is 0 Å². The van der Waals surface area contributed by atoms with Crippen molar-refractivity contribution >= 4 is 0 Å². The summed E-state index contributed by atoms with van der Waals surface area (Å²) in [5.74, 6) is 0. The lowest BCUT2D eigenvalue weighted by atomic mass is 10.1. The molecule has 0 amide bonds. The van der Waals surface area contributed by atoms with Crippen molar-refractivity contribution in [3.8, 4) is 0 Å². The van der Waals surface area contributed by atoms with Gasteiger partial charge in [0.25, 0.3) is 0 Å². The number of rotatable bonds is 4. The molecule has 0 bridgehead atoms. The van der Waals surface area contributed by atoms with E-state index >= 15 is 0 Å². The highest BCUT2D eigenvalue weighted by Gasteiger charge is 1.90. The van der Waals surface area contributed by atoms with E-state index in [4.69, 9.17) is 6.58 Å². The van der Waals surface area contributed by atoms with E-state index in [9.17, 15) is 0 Å². The molecule has 0 nitrogen and oxygen atoms in total. The predicted molar refractivity (Wildman–Crippen MR) is 51.3 cm³/mol. The summed E-state index contributed by atoms with van der Waals surface area (Å²) in [4.78, 5) is 0. The number of allylic oxidation sites excluding steroid dienone is 5. The highest BCUT2D eigenvalue weighted by molar-refractivity contribution is 5.08. The third-order valence-electron chi connectivity index (χ3n) is 1.47. The van der Waals surface area contributed by atoms with Crippen molar-refractivity contribution in [3.63, 3.8) is 0 Å². The van der Waals surface area contributed by atoms with Crippen LogP contribution in [0, 0.1) is 6.58 Å². The molecule has 0 saturated carbocycles. The second-order valence-electron chi connectivity index (χ2n) is 3.03. The van der Waals surface area contributed by atoms with Gasteiger partial charge in [-0.05, 0) is 33.6 Å². The fourth-order valence-electron chi connectivity index (χ4n) is 0.836. The Morgan fingerprint density at radius 3 is 2.36 bits per heavy atom. The Bertz CT molecular complexity index is 166. The Morgan fingerprint density at radius 1 is 1.27 bits per heavy atom. The van der Waals surface area contributed by atoms with Crippen molar-refractivity contribution in [1.29, 1.82) is 0 Å². The summed E-state index contributed by atoms with van der Waals surface area (Å²) in [5.41, 5.74) is 2.72. The summed E-state index contributed by atoms with van der Waals surface area (Å²) < 4.78 is 0. The van der Waals surface area contributed by atoms with Crippen molar-refractivity contribution in [3.05, 3.63) is 36.0 Å². The van der Waals surface area contributed by atoms with Gasteiger partial charge in [-0.3, -0.25) is 0 Å². The van der Waals surface area contributed by atoms with Crippen LogP contribution in [0.2, 0.25) is 0 Å². The molecule has 0 aromatic rings. The molecule has 0 aromatic carbocycles. The standard InChI is InChI=1S/C11H17/c1-5-7-11(4)9-6-8-10(2)3/h1,5,7-8H,6,9H2,2-4H3/q+1/b11-7+. The summed E-state index contributed by atoms with van der Waals surface area (Å²) in [6, 6.07) is 0. The topological polar surface area (TPSA) is 0 Å². The molecule has 0 aliphatic carbocycles. The van der Waals surface area contributed by atoms with Gasteiger partial charge in [-0.25, -0.2) is 0 Å². The maximum absolute atomic E-state index is 5.24. The minimum absolute atomic E-state index is 1.11. The Balaban J connectivity index is 3.63. The Kier molecular flexibility index (Phi) is 5.42. The summed E-state index contributed by atoms with van der Waals surface area (Å²) in [7, 11) is 0. The maximum Gasteiger partial charge on any atom is 0.151 e. The Hall–Kier alpha value is -0.870. The Labute approximate surface area is 70.3 Å². The van der Waals surface area contributed by atoms with E-state index in [0.29, 0.717) is 0 Å². The van der Waals surface area contributed by atoms with Crippen LogP contribution in [-0.4, -0.2) is 0 Å². The van der Waals surface area contributed by atoms with Gasteiger partial charge in [0.05, 0.1) is 6.08 Å². The molecule has 0 radical (unpaired) electrons. The van der Waals surface area contributed by atoms with Crippen LogP contribution in [-0.2, 0) is 0 Å². The lowest BCUT2D eigenvalue weighted by molar-refractivity contribution is 0.967. The first kappa shape index (κ1) is 10.1. The molecule has 0 heteroatoms. The van der Waals surface area contributed by atoms with Crippen molar-refractivity contribution < 1.29 is 0 Å². The van der Waals surface area contributed by atoms with E-state index < -0.39 is 0 Å².